The van der Waals surface area contributed by atoms with Gasteiger partial charge in [0.2, 0.25) is 0 Å². The van der Waals surface area contributed by atoms with Crippen molar-refractivity contribution in [2.45, 2.75) is 20.3 Å². The van der Waals surface area contributed by atoms with Crippen LogP contribution in [0.25, 0.3) is 0 Å². The zero-order valence-corrected chi connectivity index (χ0v) is 12.3. The molecule has 0 radical (unpaired) electrons. The molecule has 0 atom stereocenters. The summed E-state index contributed by atoms with van der Waals surface area (Å²) in [4.78, 5) is 9.01. The summed E-state index contributed by atoms with van der Waals surface area (Å²) in [6, 6.07) is 6.11. The summed E-state index contributed by atoms with van der Waals surface area (Å²) >= 11 is 0. The molecule has 1 aliphatic heterocycles. The van der Waals surface area contributed by atoms with E-state index >= 15 is 0 Å². The fraction of sp³-hybridized carbons (Fsp3) is 0.600. The van der Waals surface area contributed by atoms with Crippen LogP contribution < -0.4 is 10.6 Å². The Hall–Kier alpha value is -1.80. The molecule has 2 N–H and O–H groups in total. The fourth-order valence-electron chi connectivity index (χ4n) is 2.35. The number of nitriles is 1. The first-order chi connectivity index (χ1) is 9.52. The lowest BCUT2D eigenvalue weighted by molar-refractivity contribution is 0.229. The highest BCUT2D eigenvalue weighted by molar-refractivity contribution is 5.62. The summed E-state index contributed by atoms with van der Waals surface area (Å²) in [7, 11) is 0. The van der Waals surface area contributed by atoms with Crippen molar-refractivity contribution in [3.63, 3.8) is 0 Å². The molecule has 2 rings (SSSR count). The van der Waals surface area contributed by atoms with Gasteiger partial charge in [-0.1, -0.05) is 0 Å². The van der Waals surface area contributed by atoms with E-state index in [1.807, 2.05) is 26.0 Å². The Morgan fingerprint density at radius 2 is 2.05 bits per heavy atom. The van der Waals surface area contributed by atoms with E-state index in [0.717, 1.165) is 50.6 Å². The Bertz CT molecular complexity index is 483. The highest BCUT2D eigenvalue weighted by Crippen LogP contribution is 2.22. The van der Waals surface area contributed by atoms with Crippen molar-refractivity contribution in [3.05, 3.63) is 18.3 Å². The number of hydrogen-bond donors (Lipinski definition) is 1. The topological polar surface area (TPSA) is 69.2 Å². The monoisotopic (exact) mass is 273 g/mol. The minimum atomic E-state index is -0.234. The van der Waals surface area contributed by atoms with Crippen molar-refractivity contribution in [3.8, 4) is 6.07 Å². The van der Waals surface area contributed by atoms with E-state index in [1.54, 1.807) is 6.20 Å². The van der Waals surface area contributed by atoms with E-state index in [0.29, 0.717) is 0 Å². The van der Waals surface area contributed by atoms with Crippen molar-refractivity contribution in [2.75, 3.05) is 43.4 Å². The molecule has 0 bridgehead atoms. The van der Waals surface area contributed by atoms with E-state index < -0.39 is 0 Å². The van der Waals surface area contributed by atoms with Gasteiger partial charge in [0.25, 0.3) is 0 Å². The number of nitrogens with zero attached hydrogens (tertiary/aromatic N) is 4. The average Bonchev–Trinajstić information content (AvgIpc) is 2.46. The van der Waals surface area contributed by atoms with Gasteiger partial charge in [0.1, 0.15) is 0 Å². The van der Waals surface area contributed by atoms with Gasteiger partial charge in [-0.15, -0.1) is 0 Å². The van der Waals surface area contributed by atoms with Gasteiger partial charge in [-0.3, -0.25) is 4.90 Å². The number of anilines is 2. The number of hydrogen-bond acceptors (Lipinski definition) is 5. The van der Waals surface area contributed by atoms with Crippen LogP contribution in [-0.2, 0) is 0 Å². The second kappa shape index (κ2) is 6.10. The minimum Gasteiger partial charge on any atom is -0.396 e. The zero-order valence-electron chi connectivity index (χ0n) is 12.3. The first kappa shape index (κ1) is 14.6. The van der Waals surface area contributed by atoms with E-state index in [1.165, 1.54) is 0 Å². The number of piperazine rings is 1. The molecule has 0 unspecified atom stereocenters. The van der Waals surface area contributed by atoms with E-state index in [9.17, 15) is 0 Å². The first-order valence-corrected chi connectivity index (χ1v) is 7.11. The fourth-order valence-corrected chi connectivity index (χ4v) is 2.35. The van der Waals surface area contributed by atoms with Crippen molar-refractivity contribution in [1.82, 2.24) is 9.88 Å². The van der Waals surface area contributed by atoms with Crippen LogP contribution in [0.15, 0.2) is 18.3 Å². The predicted molar refractivity (Wildman–Crippen MR) is 81.3 cm³/mol. The molecule has 1 saturated heterocycles. The molecule has 2 heterocycles. The lowest BCUT2D eigenvalue weighted by Gasteiger charge is -2.36. The molecule has 1 aliphatic rings. The summed E-state index contributed by atoms with van der Waals surface area (Å²) in [5.74, 6) is 0.893. The number of pyridine rings is 1. The van der Waals surface area contributed by atoms with Crippen LogP contribution in [0.2, 0.25) is 0 Å². The van der Waals surface area contributed by atoms with Gasteiger partial charge < -0.3 is 10.6 Å². The van der Waals surface area contributed by atoms with Crippen LogP contribution in [0, 0.1) is 16.7 Å². The molecule has 0 amide bonds. The molecular weight excluding hydrogens is 250 g/mol. The van der Waals surface area contributed by atoms with Crippen molar-refractivity contribution >= 4 is 11.5 Å². The quantitative estimate of drug-likeness (QED) is 0.904. The van der Waals surface area contributed by atoms with Gasteiger partial charge in [-0.25, -0.2) is 4.98 Å². The van der Waals surface area contributed by atoms with Crippen LogP contribution in [0.4, 0.5) is 11.5 Å². The van der Waals surface area contributed by atoms with E-state index in [-0.39, 0.29) is 5.41 Å². The van der Waals surface area contributed by atoms with E-state index in [2.05, 4.69) is 20.9 Å². The summed E-state index contributed by atoms with van der Waals surface area (Å²) in [5, 5.41) is 9.05. The van der Waals surface area contributed by atoms with Crippen LogP contribution in [0.1, 0.15) is 20.3 Å². The molecule has 0 saturated carbocycles. The Morgan fingerprint density at radius 3 is 2.65 bits per heavy atom. The molecule has 1 aromatic heterocycles. The maximum Gasteiger partial charge on any atom is 0.151 e. The molecule has 20 heavy (non-hydrogen) atoms. The maximum atomic E-state index is 9.05. The number of nitrogens with two attached hydrogens (primary N) is 1. The third-order valence-electron chi connectivity index (χ3n) is 3.84. The second-order valence-corrected chi connectivity index (χ2v) is 5.99. The summed E-state index contributed by atoms with van der Waals surface area (Å²) in [5.41, 5.74) is 6.47. The Morgan fingerprint density at radius 1 is 1.35 bits per heavy atom. The normalized spacial score (nSPS) is 16.9. The smallest absolute Gasteiger partial charge is 0.151 e. The molecule has 5 nitrogen and oxygen atoms in total. The van der Waals surface area contributed by atoms with Crippen molar-refractivity contribution in [1.29, 1.82) is 5.26 Å². The Balaban J connectivity index is 1.84. The van der Waals surface area contributed by atoms with Crippen LogP contribution >= 0.6 is 0 Å². The van der Waals surface area contributed by atoms with Gasteiger partial charge in [-0.2, -0.15) is 5.26 Å². The van der Waals surface area contributed by atoms with Gasteiger partial charge >= 0.3 is 0 Å². The Kier molecular flexibility index (Phi) is 4.46. The SMILES string of the molecule is CC(C)(C#N)CCN1CCN(c2ncccc2N)CC1. The molecule has 0 spiro atoms. The van der Waals surface area contributed by atoms with E-state index in [4.69, 9.17) is 11.0 Å². The van der Waals surface area contributed by atoms with Gasteiger partial charge in [0.05, 0.1) is 17.2 Å². The molecular formula is C15H23N5. The maximum absolute atomic E-state index is 9.05. The zero-order chi connectivity index (χ0) is 14.6. The first-order valence-electron chi connectivity index (χ1n) is 7.11. The summed E-state index contributed by atoms with van der Waals surface area (Å²) < 4.78 is 0. The van der Waals surface area contributed by atoms with Crippen LogP contribution in [0.3, 0.4) is 0 Å². The standard InChI is InChI=1S/C15H23N5/c1-15(2,12-16)5-7-19-8-10-20(11-9-19)14-13(17)4-3-6-18-14/h3-4,6H,5,7-11,17H2,1-2H3. The van der Waals surface area contributed by atoms with Crippen molar-refractivity contribution in [2.24, 2.45) is 5.41 Å². The molecule has 0 aliphatic carbocycles. The van der Waals surface area contributed by atoms with Gasteiger partial charge in [-0.05, 0) is 38.9 Å². The third kappa shape index (κ3) is 3.61. The highest BCUT2D eigenvalue weighted by Gasteiger charge is 2.22. The summed E-state index contributed by atoms with van der Waals surface area (Å²) in [6.45, 7) is 8.85. The highest BCUT2D eigenvalue weighted by atomic mass is 15.3. The largest absolute Gasteiger partial charge is 0.396 e. The van der Waals surface area contributed by atoms with Crippen LogP contribution in [-0.4, -0.2) is 42.6 Å². The second-order valence-electron chi connectivity index (χ2n) is 5.99. The third-order valence-corrected chi connectivity index (χ3v) is 3.84. The lowest BCUT2D eigenvalue weighted by atomic mass is 9.91. The minimum absolute atomic E-state index is 0.234. The van der Waals surface area contributed by atoms with Crippen molar-refractivity contribution < 1.29 is 0 Å². The number of rotatable bonds is 4. The summed E-state index contributed by atoms with van der Waals surface area (Å²) in [6.07, 6.45) is 2.70. The average molecular weight is 273 g/mol. The number of nitrogen functional groups attached to an aromatic ring is 1. The molecule has 0 aromatic carbocycles. The molecule has 108 valence electrons. The molecule has 1 aromatic rings. The molecule has 1 fully saturated rings. The van der Waals surface area contributed by atoms with Gasteiger partial charge in [0, 0.05) is 32.4 Å². The lowest BCUT2D eigenvalue weighted by Crippen LogP contribution is -2.47. The van der Waals surface area contributed by atoms with Gasteiger partial charge in [0.15, 0.2) is 5.82 Å². The van der Waals surface area contributed by atoms with Crippen LogP contribution in [0.5, 0.6) is 0 Å². The Labute approximate surface area is 121 Å². The number of aromatic nitrogens is 1. The molecule has 5 heteroatoms. The predicted octanol–water partition coefficient (Wildman–Crippen LogP) is 1.73.